The number of nitrogen functional groups attached to an aromatic ring is 1. The highest BCUT2D eigenvalue weighted by atomic mass is 16.4. The third-order valence-corrected chi connectivity index (χ3v) is 2.27. The molecule has 0 amide bonds. The molecule has 0 radical (unpaired) electrons. The van der Waals surface area contributed by atoms with Crippen molar-refractivity contribution in [3.05, 3.63) is 30.6 Å². The lowest BCUT2D eigenvalue weighted by Crippen LogP contribution is -1.80. The Kier molecular flexibility index (Phi) is 1.53. The Morgan fingerprint density at radius 1 is 1.27 bits per heavy atom. The van der Waals surface area contributed by atoms with Gasteiger partial charge in [-0.15, -0.1) is 0 Å². The van der Waals surface area contributed by atoms with Gasteiger partial charge in [-0.1, -0.05) is 12.1 Å². The summed E-state index contributed by atoms with van der Waals surface area (Å²) < 4.78 is 5.27. The second kappa shape index (κ2) is 2.84. The molecule has 3 rings (SSSR count). The summed E-state index contributed by atoms with van der Waals surface area (Å²) in [5.74, 6) is 0.641. The Labute approximate surface area is 84.9 Å². The summed E-state index contributed by atoms with van der Waals surface area (Å²) in [5.41, 5.74) is 7.27. The molecule has 0 saturated carbocycles. The zero-order chi connectivity index (χ0) is 10.3. The van der Waals surface area contributed by atoms with Crippen molar-refractivity contribution in [1.29, 1.82) is 0 Å². The number of H-pyrrole nitrogens is 1. The van der Waals surface area contributed by atoms with Gasteiger partial charge < -0.3 is 10.2 Å². The van der Waals surface area contributed by atoms with Gasteiger partial charge in [-0.05, 0) is 6.07 Å². The van der Waals surface area contributed by atoms with E-state index in [0.29, 0.717) is 5.76 Å². The van der Waals surface area contributed by atoms with Crippen molar-refractivity contribution < 1.29 is 4.42 Å². The van der Waals surface area contributed by atoms with Crippen molar-refractivity contribution in [3.8, 4) is 11.3 Å². The van der Waals surface area contributed by atoms with Crippen LogP contribution in [-0.4, -0.2) is 15.2 Å². The van der Waals surface area contributed by atoms with Gasteiger partial charge in [0.15, 0.2) is 5.76 Å². The molecule has 0 spiro atoms. The van der Waals surface area contributed by atoms with Gasteiger partial charge in [0.25, 0.3) is 6.01 Å². The molecular formula is C10H8N4O. The average Bonchev–Trinajstić information content (AvgIpc) is 2.84. The van der Waals surface area contributed by atoms with E-state index in [1.165, 1.54) is 0 Å². The summed E-state index contributed by atoms with van der Waals surface area (Å²) in [7, 11) is 0. The minimum Gasteiger partial charge on any atom is -0.424 e. The van der Waals surface area contributed by atoms with Crippen molar-refractivity contribution in [3.63, 3.8) is 0 Å². The lowest BCUT2D eigenvalue weighted by atomic mass is 10.1. The number of benzene rings is 1. The minimum atomic E-state index is 0.168. The maximum Gasteiger partial charge on any atom is 0.292 e. The van der Waals surface area contributed by atoms with Crippen LogP contribution in [-0.2, 0) is 0 Å². The maximum absolute atomic E-state index is 5.43. The van der Waals surface area contributed by atoms with Crippen LogP contribution in [0.3, 0.4) is 0 Å². The molecular weight excluding hydrogens is 192 g/mol. The fourth-order valence-corrected chi connectivity index (χ4v) is 1.59. The molecule has 0 aliphatic rings. The largest absolute Gasteiger partial charge is 0.424 e. The minimum absolute atomic E-state index is 0.168. The number of aromatic amines is 1. The normalized spacial score (nSPS) is 10.9. The van der Waals surface area contributed by atoms with E-state index < -0.39 is 0 Å². The Morgan fingerprint density at radius 2 is 2.20 bits per heavy atom. The number of oxazole rings is 1. The smallest absolute Gasteiger partial charge is 0.292 e. The molecule has 2 aromatic heterocycles. The van der Waals surface area contributed by atoms with Crippen LogP contribution in [0.1, 0.15) is 0 Å². The van der Waals surface area contributed by atoms with Crippen molar-refractivity contribution in [2.75, 3.05) is 5.73 Å². The zero-order valence-electron chi connectivity index (χ0n) is 7.77. The van der Waals surface area contributed by atoms with Crippen LogP contribution >= 0.6 is 0 Å². The van der Waals surface area contributed by atoms with Crippen LogP contribution in [0.15, 0.2) is 35.0 Å². The van der Waals surface area contributed by atoms with Gasteiger partial charge >= 0.3 is 0 Å². The zero-order valence-corrected chi connectivity index (χ0v) is 7.77. The first-order chi connectivity index (χ1) is 7.34. The summed E-state index contributed by atoms with van der Waals surface area (Å²) in [5, 5.41) is 7.92. The number of hydrogen-bond acceptors (Lipinski definition) is 4. The van der Waals surface area contributed by atoms with Crippen LogP contribution in [0, 0.1) is 0 Å². The van der Waals surface area contributed by atoms with E-state index in [0.717, 1.165) is 16.5 Å². The monoisotopic (exact) mass is 200 g/mol. The van der Waals surface area contributed by atoms with Gasteiger partial charge in [0.2, 0.25) is 0 Å². The third kappa shape index (κ3) is 1.17. The van der Waals surface area contributed by atoms with Gasteiger partial charge in [-0.25, -0.2) is 4.98 Å². The molecule has 0 aliphatic carbocycles. The second-order valence-corrected chi connectivity index (χ2v) is 3.20. The number of fused-ring (bicyclic) bond motifs is 1. The van der Waals surface area contributed by atoms with E-state index in [1.807, 2.05) is 18.2 Å². The van der Waals surface area contributed by atoms with Crippen molar-refractivity contribution >= 4 is 16.9 Å². The average molecular weight is 200 g/mol. The first-order valence-corrected chi connectivity index (χ1v) is 4.48. The quantitative estimate of drug-likeness (QED) is 0.627. The lowest BCUT2D eigenvalue weighted by Gasteiger charge is -1.96. The molecule has 3 aromatic rings. The molecule has 0 saturated heterocycles. The van der Waals surface area contributed by atoms with Gasteiger partial charge in [0, 0.05) is 10.9 Å². The lowest BCUT2D eigenvalue weighted by molar-refractivity contribution is 0.595. The number of para-hydroxylation sites is 1. The van der Waals surface area contributed by atoms with Crippen molar-refractivity contribution in [1.82, 2.24) is 15.2 Å². The summed E-state index contributed by atoms with van der Waals surface area (Å²) >= 11 is 0. The van der Waals surface area contributed by atoms with Crippen LogP contribution in [0.4, 0.5) is 6.01 Å². The molecule has 5 heteroatoms. The number of nitrogens with one attached hydrogen (secondary N) is 1. The van der Waals surface area contributed by atoms with Gasteiger partial charge in [-0.2, -0.15) is 5.10 Å². The van der Waals surface area contributed by atoms with E-state index in [1.54, 1.807) is 12.4 Å². The fourth-order valence-electron chi connectivity index (χ4n) is 1.59. The number of aromatic nitrogens is 3. The van der Waals surface area contributed by atoms with Crippen molar-refractivity contribution in [2.45, 2.75) is 0 Å². The molecule has 0 atom stereocenters. The third-order valence-electron chi connectivity index (χ3n) is 2.27. The maximum atomic E-state index is 5.43. The number of hydrogen-bond donors (Lipinski definition) is 2. The molecule has 74 valence electrons. The molecule has 0 bridgehead atoms. The topological polar surface area (TPSA) is 80.7 Å². The standard InChI is InChI=1S/C10H8N4O/c11-10-12-5-8(15-10)7-3-1-2-6-4-13-14-9(6)7/h1-5H,(H2,11,12)(H,13,14). The predicted molar refractivity (Wildman–Crippen MR) is 56.0 cm³/mol. The molecule has 5 nitrogen and oxygen atoms in total. The number of anilines is 1. The molecule has 1 aromatic carbocycles. The molecule has 0 fully saturated rings. The predicted octanol–water partition coefficient (Wildman–Crippen LogP) is 1.80. The van der Waals surface area contributed by atoms with Gasteiger partial charge in [0.1, 0.15) is 0 Å². The molecule has 0 aliphatic heterocycles. The Bertz CT molecular complexity index is 610. The summed E-state index contributed by atoms with van der Waals surface area (Å²) in [6, 6.07) is 6.01. The van der Waals surface area contributed by atoms with E-state index in [2.05, 4.69) is 15.2 Å². The van der Waals surface area contributed by atoms with Crippen LogP contribution in [0.2, 0.25) is 0 Å². The number of nitrogens with two attached hydrogens (primary N) is 1. The first kappa shape index (κ1) is 8.05. The van der Waals surface area contributed by atoms with E-state index in [-0.39, 0.29) is 6.01 Å². The van der Waals surface area contributed by atoms with E-state index in [9.17, 15) is 0 Å². The summed E-state index contributed by atoms with van der Waals surface area (Å²) in [4.78, 5) is 3.86. The second-order valence-electron chi connectivity index (χ2n) is 3.20. The fraction of sp³-hybridized carbons (Fsp3) is 0. The van der Waals surface area contributed by atoms with Crippen LogP contribution in [0.5, 0.6) is 0 Å². The molecule has 15 heavy (non-hydrogen) atoms. The van der Waals surface area contributed by atoms with E-state index >= 15 is 0 Å². The molecule has 2 heterocycles. The van der Waals surface area contributed by atoms with Gasteiger partial charge in [0.05, 0.1) is 17.9 Å². The molecule has 0 unspecified atom stereocenters. The number of rotatable bonds is 1. The van der Waals surface area contributed by atoms with Gasteiger partial charge in [-0.3, -0.25) is 5.10 Å². The highest BCUT2D eigenvalue weighted by molar-refractivity contribution is 5.91. The number of nitrogens with zero attached hydrogens (tertiary/aromatic N) is 2. The Balaban J connectivity index is 2.30. The van der Waals surface area contributed by atoms with Crippen LogP contribution in [0.25, 0.3) is 22.2 Å². The summed E-state index contributed by atoms with van der Waals surface area (Å²) in [6.07, 6.45) is 3.36. The van der Waals surface area contributed by atoms with E-state index in [4.69, 9.17) is 10.2 Å². The Morgan fingerprint density at radius 3 is 3.00 bits per heavy atom. The SMILES string of the molecule is Nc1ncc(-c2cccc3cn[nH]c23)o1. The Hall–Kier alpha value is -2.30. The highest BCUT2D eigenvalue weighted by Crippen LogP contribution is 2.27. The van der Waals surface area contributed by atoms with Crippen LogP contribution < -0.4 is 5.73 Å². The summed E-state index contributed by atoms with van der Waals surface area (Å²) in [6.45, 7) is 0. The molecule has 3 N–H and O–H groups in total. The van der Waals surface area contributed by atoms with Crippen molar-refractivity contribution in [2.24, 2.45) is 0 Å². The first-order valence-electron chi connectivity index (χ1n) is 4.48. The highest BCUT2D eigenvalue weighted by Gasteiger charge is 2.09.